The number of hydrogen-bond donors (Lipinski definition) is 0. The molecule has 0 bridgehead atoms. The summed E-state index contributed by atoms with van der Waals surface area (Å²) < 4.78 is 2.33. The fourth-order valence-electron chi connectivity index (χ4n) is 6.26. The molecule has 1 fully saturated rings. The number of nitrogens with zero attached hydrogens (tertiary/aromatic N) is 1. The number of hydrogen-bond acceptors (Lipinski definition) is 1. The van der Waals surface area contributed by atoms with Crippen molar-refractivity contribution in [1.82, 2.24) is 4.57 Å². The van der Waals surface area contributed by atoms with Gasteiger partial charge in [0, 0.05) is 27.9 Å². The minimum Gasteiger partial charge on any atom is -0.309 e. The zero-order chi connectivity index (χ0) is 23.8. The van der Waals surface area contributed by atoms with Crippen molar-refractivity contribution in [3.8, 4) is 27.9 Å². The number of carbonyl (C=O) groups excluding carboxylic acids is 1. The predicted octanol–water partition coefficient (Wildman–Crippen LogP) is 8.42. The van der Waals surface area contributed by atoms with Crippen molar-refractivity contribution in [3.63, 3.8) is 0 Å². The molecule has 8 rings (SSSR count). The van der Waals surface area contributed by atoms with Gasteiger partial charge in [-0.25, -0.2) is 0 Å². The Balaban J connectivity index is 1.33. The summed E-state index contributed by atoms with van der Waals surface area (Å²) in [5.74, 6) is 0.814. The summed E-state index contributed by atoms with van der Waals surface area (Å²) in [5, 5.41) is 2.46. The maximum Gasteiger partial charge on any atom is 0.167 e. The van der Waals surface area contributed by atoms with E-state index < -0.39 is 0 Å². The van der Waals surface area contributed by atoms with Gasteiger partial charge in [0.1, 0.15) is 0 Å². The number of Topliss-reactive ketones (excluding diaryl/α,β-unsaturated/α-hetero) is 1. The molecule has 2 nitrogen and oxygen atoms in total. The third kappa shape index (κ3) is 2.76. The largest absolute Gasteiger partial charge is 0.309 e. The summed E-state index contributed by atoms with van der Waals surface area (Å²) in [6.45, 7) is 0. The molecule has 5 aromatic carbocycles. The van der Waals surface area contributed by atoms with E-state index in [1.165, 1.54) is 32.9 Å². The van der Waals surface area contributed by atoms with Gasteiger partial charge in [-0.05, 0) is 76.6 Å². The summed E-state index contributed by atoms with van der Waals surface area (Å²) in [4.78, 5) is 13.5. The quantitative estimate of drug-likeness (QED) is 0.254. The van der Waals surface area contributed by atoms with Gasteiger partial charge in [0.2, 0.25) is 0 Å². The minimum absolute atomic E-state index is 0.133. The van der Waals surface area contributed by atoms with Gasteiger partial charge in [-0.3, -0.25) is 4.79 Å². The maximum atomic E-state index is 13.5. The van der Waals surface area contributed by atoms with Crippen LogP contribution in [0, 0.1) is 5.92 Å². The average Bonchev–Trinajstić information content (AvgIpc) is 3.69. The molecule has 0 saturated heterocycles. The smallest absolute Gasteiger partial charge is 0.167 e. The lowest BCUT2D eigenvalue weighted by Crippen LogP contribution is -2.03. The number of ketones is 1. The molecule has 1 aromatic heterocycles. The topological polar surface area (TPSA) is 22.0 Å². The molecule has 2 heteroatoms. The van der Waals surface area contributed by atoms with Crippen LogP contribution in [0.1, 0.15) is 28.3 Å². The van der Waals surface area contributed by atoms with E-state index in [9.17, 15) is 4.79 Å². The molecule has 0 N–H and O–H groups in total. The van der Waals surface area contributed by atoms with Crippen LogP contribution in [-0.2, 0) is 0 Å². The van der Waals surface area contributed by atoms with E-state index in [4.69, 9.17) is 0 Å². The molecule has 0 amide bonds. The molecule has 1 heterocycles. The van der Waals surface area contributed by atoms with Crippen molar-refractivity contribution in [2.75, 3.05) is 0 Å². The van der Waals surface area contributed by atoms with Gasteiger partial charge in [0.05, 0.1) is 11.0 Å². The molecule has 2 unspecified atom stereocenters. The Morgan fingerprint density at radius 3 is 2.19 bits per heavy atom. The zero-order valence-corrected chi connectivity index (χ0v) is 19.7. The maximum absolute atomic E-state index is 13.5. The Morgan fingerprint density at radius 1 is 0.556 bits per heavy atom. The van der Waals surface area contributed by atoms with Crippen molar-refractivity contribution >= 4 is 27.6 Å². The monoisotopic (exact) mass is 461 g/mol. The van der Waals surface area contributed by atoms with Crippen molar-refractivity contribution in [2.24, 2.45) is 5.92 Å². The van der Waals surface area contributed by atoms with Gasteiger partial charge in [0.15, 0.2) is 5.78 Å². The Bertz CT molecular complexity index is 1840. The standard InChI is InChI=1S/C34H23NO/c36-34-30-19-21(14-16-26(30)24-10-4-5-11-25(24)28-20-31(28)34)22-15-17-33-29(18-22)27-12-6-7-13-32(27)35(33)23-8-2-1-3-9-23/h1-19,28,31H,20H2. The second kappa shape index (κ2) is 7.29. The molecule has 0 aliphatic heterocycles. The van der Waals surface area contributed by atoms with Crippen LogP contribution in [0.4, 0.5) is 0 Å². The van der Waals surface area contributed by atoms with Gasteiger partial charge < -0.3 is 4.57 Å². The predicted molar refractivity (Wildman–Crippen MR) is 147 cm³/mol. The van der Waals surface area contributed by atoms with E-state index in [1.807, 2.05) is 0 Å². The first-order valence-electron chi connectivity index (χ1n) is 12.6. The lowest BCUT2D eigenvalue weighted by Gasteiger charge is -2.13. The van der Waals surface area contributed by atoms with Crippen molar-refractivity contribution in [2.45, 2.75) is 12.3 Å². The fourth-order valence-corrected chi connectivity index (χ4v) is 6.26. The minimum atomic E-state index is 0.133. The SMILES string of the molecule is O=C1c2cc(-c3ccc4c(c3)c3ccccc3n4-c3ccccc3)ccc2-c2ccccc2C2CC12. The molecule has 1 saturated carbocycles. The van der Waals surface area contributed by atoms with E-state index in [0.29, 0.717) is 11.7 Å². The number of fused-ring (bicyclic) bond motifs is 8. The molecular formula is C34H23NO. The molecule has 0 spiro atoms. The molecule has 2 atom stereocenters. The van der Waals surface area contributed by atoms with Crippen LogP contribution >= 0.6 is 0 Å². The normalized spacial score (nSPS) is 17.9. The fraction of sp³-hybridized carbons (Fsp3) is 0.0882. The van der Waals surface area contributed by atoms with Crippen LogP contribution in [0.2, 0.25) is 0 Å². The summed E-state index contributed by atoms with van der Waals surface area (Å²) in [6, 6.07) is 40.8. The van der Waals surface area contributed by atoms with Crippen LogP contribution < -0.4 is 0 Å². The summed E-state index contributed by atoms with van der Waals surface area (Å²) in [6.07, 6.45) is 0.977. The summed E-state index contributed by atoms with van der Waals surface area (Å²) in [7, 11) is 0. The zero-order valence-electron chi connectivity index (χ0n) is 19.7. The van der Waals surface area contributed by atoms with E-state index >= 15 is 0 Å². The van der Waals surface area contributed by atoms with Gasteiger partial charge in [0.25, 0.3) is 0 Å². The van der Waals surface area contributed by atoms with E-state index in [1.54, 1.807) is 0 Å². The number of rotatable bonds is 2. The van der Waals surface area contributed by atoms with Gasteiger partial charge in [-0.1, -0.05) is 78.9 Å². The molecular weight excluding hydrogens is 438 g/mol. The van der Waals surface area contributed by atoms with Crippen LogP contribution in [0.25, 0.3) is 49.7 Å². The third-order valence-corrected chi connectivity index (χ3v) is 8.08. The van der Waals surface area contributed by atoms with Crippen molar-refractivity contribution < 1.29 is 4.79 Å². The summed E-state index contributed by atoms with van der Waals surface area (Å²) >= 11 is 0. The second-order valence-corrected chi connectivity index (χ2v) is 10.1. The first kappa shape index (κ1) is 19.8. The summed E-state index contributed by atoms with van der Waals surface area (Å²) in [5.41, 5.74) is 10.3. The number of benzene rings is 5. The third-order valence-electron chi connectivity index (χ3n) is 8.08. The van der Waals surface area contributed by atoms with Crippen LogP contribution in [0.15, 0.2) is 115 Å². The Labute approximate surface area is 209 Å². The number of carbonyl (C=O) groups is 1. The van der Waals surface area contributed by atoms with E-state index in [2.05, 4.69) is 120 Å². The van der Waals surface area contributed by atoms with Crippen LogP contribution in [-0.4, -0.2) is 10.4 Å². The van der Waals surface area contributed by atoms with Crippen molar-refractivity contribution in [3.05, 3.63) is 126 Å². The lowest BCUT2D eigenvalue weighted by atomic mass is 9.91. The van der Waals surface area contributed by atoms with E-state index in [0.717, 1.165) is 34.4 Å². The number of para-hydroxylation sites is 2. The Kier molecular flexibility index (Phi) is 4.01. The molecule has 0 radical (unpaired) electrons. The lowest BCUT2D eigenvalue weighted by molar-refractivity contribution is 0.0966. The van der Waals surface area contributed by atoms with Gasteiger partial charge in [-0.2, -0.15) is 0 Å². The Hall–Kier alpha value is -4.43. The average molecular weight is 462 g/mol. The number of aromatic nitrogens is 1. The molecule has 2 aliphatic carbocycles. The van der Waals surface area contributed by atoms with Gasteiger partial charge in [-0.15, -0.1) is 0 Å². The highest BCUT2D eigenvalue weighted by atomic mass is 16.1. The highest BCUT2D eigenvalue weighted by molar-refractivity contribution is 6.11. The first-order valence-corrected chi connectivity index (χ1v) is 12.6. The van der Waals surface area contributed by atoms with Gasteiger partial charge >= 0.3 is 0 Å². The molecule has 6 aromatic rings. The van der Waals surface area contributed by atoms with Crippen LogP contribution in [0.3, 0.4) is 0 Å². The van der Waals surface area contributed by atoms with Crippen LogP contribution in [0.5, 0.6) is 0 Å². The second-order valence-electron chi connectivity index (χ2n) is 10.1. The first-order chi connectivity index (χ1) is 17.8. The van der Waals surface area contributed by atoms with E-state index in [-0.39, 0.29) is 5.92 Å². The molecule has 36 heavy (non-hydrogen) atoms. The molecule has 170 valence electrons. The molecule has 2 aliphatic rings. The highest BCUT2D eigenvalue weighted by Gasteiger charge is 2.47. The van der Waals surface area contributed by atoms with Crippen molar-refractivity contribution in [1.29, 1.82) is 0 Å². The Morgan fingerprint density at radius 2 is 1.28 bits per heavy atom. The highest BCUT2D eigenvalue weighted by Crippen LogP contribution is 2.55.